The zero-order valence-corrected chi connectivity index (χ0v) is 8.52. The van der Waals surface area contributed by atoms with Crippen molar-refractivity contribution in [3.05, 3.63) is 0 Å². The van der Waals surface area contributed by atoms with Gasteiger partial charge in [0.15, 0.2) is 0 Å². The van der Waals surface area contributed by atoms with Gasteiger partial charge in [0.1, 0.15) is 0 Å². The minimum atomic E-state index is 0.726. The average molecular weight is 192 g/mol. The molecule has 0 saturated carbocycles. The van der Waals surface area contributed by atoms with E-state index in [0.29, 0.717) is 0 Å². The molecule has 1 rings (SSSR count). The highest BCUT2D eigenvalue weighted by atomic mass is 35.5. The van der Waals surface area contributed by atoms with Gasteiger partial charge in [-0.3, -0.25) is 0 Å². The molecule has 1 aliphatic rings. The summed E-state index contributed by atoms with van der Waals surface area (Å²) in [6.07, 6.45) is 2.53. The van der Waals surface area contributed by atoms with E-state index in [-0.39, 0.29) is 0 Å². The molecule has 0 bridgehead atoms. The molecule has 0 aromatic carbocycles. The van der Waals surface area contributed by atoms with Crippen molar-refractivity contribution in [1.29, 1.82) is 0 Å². The molecule has 1 unspecified atom stereocenters. The van der Waals surface area contributed by atoms with Crippen LogP contribution in [0.1, 0.15) is 12.8 Å². The van der Waals surface area contributed by atoms with Gasteiger partial charge in [-0.05, 0) is 25.8 Å². The average Bonchev–Trinajstić information content (AvgIpc) is 2.06. The van der Waals surface area contributed by atoms with Crippen molar-refractivity contribution in [3.8, 4) is 0 Å². The van der Waals surface area contributed by atoms with Crippen molar-refractivity contribution in [1.82, 2.24) is 4.90 Å². The Labute approximate surface area is 79.8 Å². The highest BCUT2D eigenvalue weighted by Crippen LogP contribution is 2.14. The highest BCUT2D eigenvalue weighted by molar-refractivity contribution is 6.18. The van der Waals surface area contributed by atoms with E-state index in [2.05, 4.69) is 11.9 Å². The van der Waals surface area contributed by atoms with Crippen LogP contribution in [0.25, 0.3) is 0 Å². The quantitative estimate of drug-likeness (QED) is 0.626. The molecule has 1 saturated heterocycles. The Bertz CT molecular complexity index is 115. The van der Waals surface area contributed by atoms with Gasteiger partial charge in [0.2, 0.25) is 0 Å². The number of nitrogens with zero attached hydrogens (tertiary/aromatic N) is 1. The first-order valence-electron chi connectivity index (χ1n) is 4.65. The Kier molecular flexibility index (Phi) is 4.96. The van der Waals surface area contributed by atoms with Crippen molar-refractivity contribution in [2.45, 2.75) is 12.8 Å². The first-order valence-corrected chi connectivity index (χ1v) is 5.18. The molecule has 0 aliphatic carbocycles. The van der Waals surface area contributed by atoms with Gasteiger partial charge < -0.3 is 9.64 Å². The summed E-state index contributed by atoms with van der Waals surface area (Å²) in [5.41, 5.74) is 0. The minimum absolute atomic E-state index is 0.726. The second kappa shape index (κ2) is 5.79. The lowest BCUT2D eigenvalue weighted by molar-refractivity contribution is 0.0428. The van der Waals surface area contributed by atoms with Gasteiger partial charge in [-0.2, -0.15) is 0 Å². The number of ether oxygens (including phenoxy) is 1. The first kappa shape index (κ1) is 10.3. The van der Waals surface area contributed by atoms with Crippen LogP contribution < -0.4 is 0 Å². The van der Waals surface area contributed by atoms with Gasteiger partial charge in [-0.25, -0.2) is 0 Å². The predicted octanol–water partition coefficient (Wildman–Crippen LogP) is 1.58. The van der Waals surface area contributed by atoms with E-state index in [4.69, 9.17) is 16.3 Å². The Morgan fingerprint density at radius 3 is 3.00 bits per heavy atom. The molecule has 0 amide bonds. The maximum atomic E-state index is 5.64. The van der Waals surface area contributed by atoms with Gasteiger partial charge in [0.25, 0.3) is 0 Å². The van der Waals surface area contributed by atoms with Crippen LogP contribution in [-0.4, -0.2) is 44.1 Å². The summed E-state index contributed by atoms with van der Waals surface area (Å²) in [6, 6.07) is 0. The van der Waals surface area contributed by atoms with Crippen molar-refractivity contribution < 1.29 is 4.74 Å². The van der Waals surface area contributed by atoms with Gasteiger partial charge >= 0.3 is 0 Å². The fourth-order valence-corrected chi connectivity index (χ4v) is 1.92. The SMILES string of the molecule is CN(CCCl)CC1CCCOC1. The maximum Gasteiger partial charge on any atom is 0.0506 e. The molecular weight excluding hydrogens is 174 g/mol. The lowest BCUT2D eigenvalue weighted by atomic mass is 10.0. The van der Waals surface area contributed by atoms with E-state index in [1.54, 1.807) is 0 Å². The van der Waals surface area contributed by atoms with E-state index in [1.807, 2.05) is 0 Å². The Morgan fingerprint density at radius 1 is 1.58 bits per heavy atom. The van der Waals surface area contributed by atoms with Crippen LogP contribution in [0.4, 0.5) is 0 Å². The summed E-state index contributed by atoms with van der Waals surface area (Å²) in [5.74, 6) is 1.45. The molecule has 2 nitrogen and oxygen atoms in total. The minimum Gasteiger partial charge on any atom is -0.381 e. The molecule has 1 fully saturated rings. The fourth-order valence-electron chi connectivity index (χ4n) is 1.63. The Hall–Kier alpha value is 0.210. The Balaban J connectivity index is 2.11. The lowest BCUT2D eigenvalue weighted by Gasteiger charge is -2.26. The second-order valence-corrected chi connectivity index (χ2v) is 3.91. The third kappa shape index (κ3) is 3.74. The molecule has 0 spiro atoms. The van der Waals surface area contributed by atoms with E-state index in [9.17, 15) is 0 Å². The van der Waals surface area contributed by atoms with Crippen molar-refractivity contribution in [2.75, 3.05) is 39.2 Å². The molecule has 0 N–H and O–H groups in total. The van der Waals surface area contributed by atoms with E-state index < -0.39 is 0 Å². The predicted molar refractivity (Wildman–Crippen MR) is 51.8 cm³/mol. The normalized spacial score (nSPS) is 24.8. The van der Waals surface area contributed by atoms with Crippen LogP contribution in [0.5, 0.6) is 0 Å². The van der Waals surface area contributed by atoms with Crippen LogP contribution in [0.2, 0.25) is 0 Å². The van der Waals surface area contributed by atoms with Crippen molar-refractivity contribution >= 4 is 11.6 Å². The van der Waals surface area contributed by atoms with Crippen LogP contribution in [0.15, 0.2) is 0 Å². The molecule has 3 heteroatoms. The second-order valence-electron chi connectivity index (χ2n) is 3.53. The topological polar surface area (TPSA) is 12.5 Å². The number of halogens is 1. The highest BCUT2D eigenvalue weighted by Gasteiger charge is 2.15. The summed E-state index contributed by atoms with van der Waals surface area (Å²) >= 11 is 5.64. The summed E-state index contributed by atoms with van der Waals surface area (Å²) in [5, 5.41) is 0. The fraction of sp³-hybridized carbons (Fsp3) is 1.00. The van der Waals surface area contributed by atoms with Crippen molar-refractivity contribution in [2.24, 2.45) is 5.92 Å². The monoisotopic (exact) mass is 191 g/mol. The van der Waals surface area contributed by atoms with E-state index >= 15 is 0 Å². The van der Waals surface area contributed by atoms with Gasteiger partial charge in [0.05, 0.1) is 6.61 Å². The molecule has 72 valence electrons. The zero-order chi connectivity index (χ0) is 8.81. The van der Waals surface area contributed by atoms with Crippen LogP contribution in [0, 0.1) is 5.92 Å². The molecular formula is C9H18ClNO. The molecule has 1 heterocycles. The smallest absolute Gasteiger partial charge is 0.0506 e. The molecule has 1 atom stereocenters. The van der Waals surface area contributed by atoms with Gasteiger partial charge in [0, 0.05) is 25.6 Å². The van der Waals surface area contributed by atoms with Crippen LogP contribution in [-0.2, 0) is 4.74 Å². The number of hydrogen-bond acceptors (Lipinski definition) is 2. The number of rotatable bonds is 4. The molecule has 0 aromatic rings. The standard InChI is InChI=1S/C9H18ClNO/c1-11(5-4-10)7-9-3-2-6-12-8-9/h9H,2-8H2,1H3. The summed E-state index contributed by atoms with van der Waals surface area (Å²) in [4.78, 5) is 2.28. The summed E-state index contributed by atoms with van der Waals surface area (Å²) < 4.78 is 5.40. The van der Waals surface area contributed by atoms with Crippen LogP contribution in [0.3, 0.4) is 0 Å². The Morgan fingerprint density at radius 2 is 2.42 bits per heavy atom. The number of alkyl halides is 1. The van der Waals surface area contributed by atoms with Crippen molar-refractivity contribution in [3.63, 3.8) is 0 Å². The van der Waals surface area contributed by atoms with E-state index in [1.165, 1.54) is 12.8 Å². The molecule has 12 heavy (non-hydrogen) atoms. The lowest BCUT2D eigenvalue weighted by Crippen LogP contribution is -2.31. The number of hydrogen-bond donors (Lipinski definition) is 0. The van der Waals surface area contributed by atoms with Crippen LogP contribution >= 0.6 is 11.6 Å². The molecule has 1 aliphatic heterocycles. The third-order valence-electron chi connectivity index (χ3n) is 2.29. The van der Waals surface area contributed by atoms with Gasteiger partial charge in [-0.1, -0.05) is 0 Å². The molecule has 0 aromatic heterocycles. The third-order valence-corrected chi connectivity index (χ3v) is 2.46. The zero-order valence-electron chi connectivity index (χ0n) is 7.76. The van der Waals surface area contributed by atoms with Gasteiger partial charge in [-0.15, -0.1) is 11.6 Å². The van der Waals surface area contributed by atoms with E-state index in [0.717, 1.165) is 38.1 Å². The summed E-state index contributed by atoms with van der Waals surface area (Å²) in [7, 11) is 2.12. The summed E-state index contributed by atoms with van der Waals surface area (Å²) in [6.45, 7) is 4.01. The first-order chi connectivity index (χ1) is 5.83. The molecule has 0 radical (unpaired) electrons. The largest absolute Gasteiger partial charge is 0.381 e. The maximum absolute atomic E-state index is 5.64.